The van der Waals surface area contributed by atoms with E-state index in [0.717, 1.165) is 12.8 Å². The van der Waals surface area contributed by atoms with Crippen molar-refractivity contribution >= 4 is 11.6 Å². The van der Waals surface area contributed by atoms with Gasteiger partial charge in [0.1, 0.15) is 0 Å². The molecule has 0 N–H and O–H groups in total. The minimum atomic E-state index is 0.263. The zero-order valence-corrected chi connectivity index (χ0v) is 23.7. The van der Waals surface area contributed by atoms with Gasteiger partial charge < -0.3 is 0 Å². The maximum absolute atomic E-state index is 2.39. The Morgan fingerprint density at radius 3 is 1.89 bits per heavy atom. The molecular formula is C35H44. The van der Waals surface area contributed by atoms with Crippen molar-refractivity contribution in [3.05, 3.63) is 116 Å². The molecule has 0 unspecified atom stereocenters. The molecule has 0 nitrogen and oxygen atoms in total. The van der Waals surface area contributed by atoms with E-state index in [9.17, 15) is 0 Å². The van der Waals surface area contributed by atoms with Gasteiger partial charge in [-0.1, -0.05) is 85.7 Å². The Balaban J connectivity index is 1.94. The Morgan fingerprint density at radius 1 is 0.743 bits per heavy atom. The predicted molar refractivity (Wildman–Crippen MR) is 157 cm³/mol. The lowest BCUT2D eigenvalue weighted by Gasteiger charge is -2.30. The first-order valence-electron chi connectivity index (χ1n) is 13.0. The number of rotatable bonds is 5. The van der Waals surface area contributed by atoms with Crippen LogP contribution in [-0.2, 0) is 0 Å². The smallest absolute Gasteiger partial charge is 0.0121 e. The van der Waals surface area contributed by atoms with Crippen LogP contribution in [0.3, 0.4) is 0 Å². The van der Waals surface area contributed by atoms with Crippen molar-refractivity contribution in [1.82, 2.24) is 0 Å². The van der Waals surface area contributed by atoms with Gasteiger partial charge >= 0.3 is 0 Å². The fourth-order valence-electron chi connectivity index (χ4n) is 5.27. The average molecular weight is 465 g/mol. The van der Waals surface area contributed by atoms with E-state index in [1.807, 2.05) is 0 Å². The Hall–Kier alpha value is -2.86. The van der Waals surface area contributed by atoms with Crippen LogP contribution in [-0.4, -0.2) is 0 Å². The number of hydrogen-bond donors (Lipinski definition) is 0. The molecule has 0 saturated heterocycles. The lowest BCUT2D eigenvalue weighted by molar-refractivity contribution is 0.355. The van der Waals surface area contributed by atoms with Crippen LogP contribution in [0, 0.1) is 47.0 Å². The van der Waals surface area contributed by atoms with E-state index in [2.05, 4.69) is 130 Å². The van der Waals surface area contributed by atoms with Crippen LogP contribution in [0.1, 0.15) is 85.0 Å². The summed E-state index contributed by atoms with van der Waals surface area (Å²) in [5.74, 6) is 0. The molecule has 0 atom stereocenters. The van der Waals surface area contributed by atoms with Gasteiger partial charge in [-0.2, -0.15) is 0 Å². The molecule has 0 saturated carbocycles. The largest absolute Gasteiger partial charge is 0.0686 e. The second-order valence-electron chi connectivity index (χ2n) is 11.5. The highest BCUT2D eigenvalue weighted by Gasteiger charge is 2.24. The van der Waals surface area contributed by atoms with E-state index in [0.29, 0.717) is 0 Å². The van der Waals surface area contributed by atoms with Crippen molar-refractivity contribution in [2.75, 3.05) is 0 Å². The number of hydrogen-bond acceptors (Lipinski definition) is 0. The first kappa shape index (κ1) is 26.7. The number of allylic oxidation sites excluding steroid dienone is 9. The molecule has 0 radical (unpaired) electrons. The van der Waals surface area contributed by atoms with Gasteiger partial charge in [-0.3, -0.25) is 0 Å². The van der Waals surface area contributed by atoms with Gasteiger partial charge in [-0.05, 0) is 129 Å². The van der Waals surface area contributed by atoms with Crippen LogP contribution < -0.4 is 0 Å². The summed E-state index contributed by atoms with van der Waals surface area (Å²) in [7, 11) is 0. The molecule has 0 bridgehead atoms. The standard InChI is InChI=1S/C35H44/c1-23(2)33(34-28(7)26(5)25(4)27(6)29(34)8)13-11-12-31-20-32(22-35(9,10)21-31)19-18-30-16-14-24(3)15-17-30/h11-20H,21-22H2,1-10H3. The van der Waals surface area contributed by atoms with Gasteiger partial charge in [-0.15, -0.1) is 0 Å². The van der Waals surface area contributed by atoms with Crippen LogP contribution in [0.25, 0.3) is 11.6 Å². The molecule has 2 aromatic rings. The summed E-state index contributed by atoms with van der Waals surface area (Å²) >= 11 is 0. The van der Waals surface area contributed by atoms with Gasteiger partial charge in [0.05, 0.1) is 0 Å². The molecule has 0 fully saturated rings. The van der Waals surface area contributed by atoms with Gasteiger partial charge in [0.25, 0.3) is 0 Å². The maximum atomic E-state index is 2.39. The molecule has 2 aromatic carbocycles. The quantitative estimate of drug-likeness (QED) is 0.386. The second-order valence-corrected chi connectivity index (χ2v) is 11.5. The Labute approximate surface area is 214 Å². The normalized spacial score (nSPS) is 16.9. The summed E-state index contributed by atoms with van der Waals surface area (Å²) in [5, 5.41) is 0. The SMILES string of the molecule is CC(C)=C(C=CC=C1C=C(C=Cc2ccc(C)cc2)CC(C)(C)C1)c1c(C)c(C)c(C)c(C)c1C. The lowest BCUT2D eigenvalue weighted by Crippen LogP contribution is -2.16. The maximum Gasteiger partial charge on any atom is -0.0121 e. The Morgan fingerprint density at radius 2 is 1.31 bits per heavy atom. The first-order valence-corrected chi connectivity index (χ1v) is 13.0. The van der Waals surface area contributed by atoms with Crippen molar-refractivity contribution < 1.29 is 0 Å². The summed E-state index contributed by atoms with van der Waals surface area (Å²) < 4.78 is 0. The summed E-state index contributed by atoms with van der Waals surface area (Å²) in [6.45, 7) is 22.7. The third kappa shape index (κ3) is 6.43. The molecular weight excluding hydrogens is 420 g/mol. The fourth-order valence-corrected chi connectivity index (χ4v) is 5.27. The molecule has 0 aliphatic heterocycles. The molecule has 0 spiro atoms. The lowest BCUT2D eigenvalue weighted by atomic mass is 9.75. The second kappa shape index (κ2) is 10.8. The van der Waals surface area contributed by atoms with E-state index in [4.69, 9.17) is 0 Å². The van der Waals surface area contributed by atoms with Gasteiger partial charge in [0.15, 0.2) is 0 Å². The van der Waals surface area contributed by atoms with Crippen LogP contribution in [0.4, 0.5) is 0 Å². The van der Waals surface area contributed by atoms with Crippen molar-refractivity contribution in [2.24, 2.45) is 5.41 Å². The molecule has 35 heavy (non-hydrogen) atoms. The highest BCUT2D eigenvalue weighted by molar-refractivity contribution is 5.82. The molecule has 0 heteroatoms. The predicted octanol–water partition coefficient (Wildman–Crippen LogP) is 10.3. The van der Waals surface area contributed by atoms with E-state index in [1.54, 1.807) is 0 Å². The summed E-state index contributed by atoms with van der Waals surface area (Å²) in [6.07, 6.45) is 16.1. The third-order valence-corrected chi connectivity index (χ3v) is 7.68. The summed E-state index contributed by atoms with van der Waals surface area (Å²) in [6, 6.07) is 8.74. The van der Waals surface area contributed by atoms with Crippen LogP contribution in [0.5, 0.6) is 0 Å². The van der Waals surface area contributed by atoms with E-state index in [1.165, 1.54) is 66.8 Å². The average Bonchev–Trinajstić information content (AvgIpc) is 2.79. The third-order valence-electron chi connectivity index (χ3n) is 7.68. The monoisotopic (exact) mass is 464 g/mol. The van der Waals surface area contributed by atoms with E-state index >= 15 is 0 Å². The van der Waals surface area contributed by atoms with Crippen molar-refractivity contribution in [3.8, 4) is 0 Å². The van der Waals surface area contributed by atoms with Crippen molar-refractivity contribution in [1.29, 1.82) is 0 Å². The van der Waals surface area contributed by atoms with Crippen LogP contribution in [0.15, 0.2) is 71.4 Å². The number of aryl methyl sites for hydroxylation is 1. The minimum Gasteiger partial charge on any atom is -0.0686 e. The molecule has 0 aromatic heterocycles. The highest BCUT2D eigenvalue weighted by Crippen LogP contribution is 2.39. The van der Waals surface area contributed by atoms with E-state index in [-0.39, 0.29) is 5.41 Å². The topological polar surface area (TPSA) is 0 Å². The molecule has 3 rings (SSSR count). The molecule has 0 amide bonds. The Bertz CT molecular complexity index is 1220. The van der Waals surface area contributed by atoms with Crippen LogP contribution in [0.2, 0.25) is 0 Å². The summed E-state index contributed by atoms with van der Waals surface area (Å²) in [5.41, 5.74) is 16.8. The fraction of sp³-hybridized carbons (Fsp3) is 0.371. The highest BCUT2D eigenvalue weighted by atomic mass is 14.3. The molecule has 184 valence electrons. The zero-order chi connectivity index (χ0) is 25.9. The first-order chi connectivity index (χ1) is 16.4. The van der Waals surface area contributed by atoms with E-state index < -0.39 is 0 Å². The molecule has 0 heterocycles. The van der Waals surface area contributed by atoms with Gasteiger partial charge in [-0.25, -0.2) is 0 Å². The Kier molecular flexibility index (Phi) is 8.26. The summed E-state index contributed by atoms with van der Waals surface area (Å²) in [4.78, 5) is 0. The molecule has 1 aliphatic rings. The molecule has 1 aliphatic carbocycles. The van der Waals surface area contributed by atoms with Gasteiger partial charge in [0, 0.05) is 0 Å². The van der Waals surface area contributed by atoms with Crippen molar-refractivity contribution in [3.63, 3.8) is 0 Å². The zero-order valence-electron chi connectivity index (χ0n) is 23.7. The number of benzene rings is 2. The van der Waals surface area contributed by atoms with Crippen molar-refractivity contribution in [2.45, 2.75) is 82.1 Å². The van der Waals surface area contributed by atoms with Crippen LogP contribution >= 0.6 is 0 Å². The van der Waals surface area contributed by atoms with Gasteiger partial charge in [0.2, 0.25) is 0 Å². The minimum absolute atomic E-state index is 0.263.